The molecule has 0 aromatic heterocycles. The van der Waals surface area contributed by atoms with E-state index >= 15 is 0 Å². The standard InChI is InChI=1S/C25H32N4O3/c1-17(26)22(24(31)29-32)28-23(30)21-13-11-19(12-14-21)6-5-18-7-9-20(10-8-18)15-27-16-25(2,3)4/h7-14,17,22,27,32H,15-16,26H2,1-4H3,(H,28,30)(H,29,31). The molecule has 170 valence electrons. The fourth-order valence-electron chi connectivity index (χ4n) is 2.87. The van der Waals surface area contributed by atoms with Gasteiger partial charge in [-0.15, -0.1) is 0 Å². The molecule has 0 aliphatic carbocycles. The van der Waals surface area contributed by atoms with Crippen LogP contribution in [0.1, 0.15) is 54.7 Å². The topological polar surface area (TPSA) is 116 Å². The molecule has 0 aliphatic heterocycles. The summed E-state index contributed by atoms with van der Waals surface area (Å²) in [6.45, 7) is 9.93. The van der Waals surface area contributed by atoms with Gasteiger partial charge in [0.2, 0.25) is 0 Å². The van der Waals surface area contributed by atoms with Gasteiger partial charge in [0.05, 0.1) is 0 Å². The molecular formula is C25H32N4O3. The fourth-order valence-corrected chi connectivity index (χ4v) is 2.87. The normalized spacial score (nSPS) is 12.8. The Morgan fingerprint density at radius 2 is 1.53 bits per heavy atom. The highest BCUT2D eigenvalue weighted by atomic mass is 16.5. The summed E-state index contributed by atoms with van der Waals surface area (Å²) in [5.74, 6) is 4.96. The fraction of sp³-hybridized carbons (Fsp3) is 0.360. The summed E-state index contributed by atoms with van der Waals surface area (Å²) < 4.78 is 0. The Kier molecular flexibility index (Phi) is 8.97. The van der Waals surface area contributed by atoms with Gasteiger partial charge in [-0.05, 0) is 54.3 Å². The first kappa shape index (κ1) is 25.1. The third kappa shape index (κ3) is 8.16. The minimum absolute atomic E-state index is 0.250. The van der Waals surface area contributed by atoms with Crippen molar-refractivity contribution in [2.45, 2.75) is 46.3 Å². The lowest BCUT2D eigenvalue weighted by molar-refractivity contribution is -0.131. The average Bonchev–Trinajstić information content (AvgIpc) is 2.75. The van der Waals surface area contributed by atoms with Gasteiger partial charge in [0.25, 0.3) is 11.8 Å². The largest absolute Gasteiger partial charge is 0.339 e. The van der Waals surface area contributed by atoms with Crippen LogP contribution in [0.4, 0.5) is 0 Å². The van der Waals surface area contributed by atoms with Crippen molar-refractivity contribution in [1.29, 1.82) is 0 Å². The van der Waals surface area contributed by atoms with Crippen LogP contribution in [0, 0.1) is 17.3 Å². The SMILES string of the molecule is CC(N)C(NC(=O)c1ccc(C#Cc2ccc(CNCC(C)(C)C)cc2)cc1)C(=O)NO. The van der Waals surface area contributed by atoms with E-state index in [2.05, 4.69) is 55.4 Å². The zero-order valence-corrected chi connectivity index (χ0v) is 19.0. The van der Waals surface area contributed by atoms with Crippen LogP contribution in [0.15, 0.2) is 48.5 Å². The Hall–Kier alpha value is -3.18. The molecule has 2 atom stereocenters. The number of amides is 2. The first-order valence-electron chi connectivity index (χ1n) is 10.5. The van der Waals surface area contributed by atoms with Crippen LogP contribution >= 0.6 is 0 Å². The van der Waals surface area contributed by atoms with E-state index in [0.29, 0.717) is 5.56 Å². The third-order valence-corrected chi connectivity index (χ3v) is 4.64. The maximum atomic E-state index is 12.4. The van der Waals surface area contributed by atoms with Crippen LogP contribution in [0.3, 0.4) is 0 Å². The second kappa shape index (κ2) is 11.4. The van der Waals surface area contributed by atoms with E-state index in [0.717, 1.165) is 24.2 Å². The Morgan fingerprint density at radius 3 is 2.00 bits per heavy atom. The number of carbonyl (C=O) groups excluding carboxylic acids is 2. The summed E-state index contributed by atoms with van der Waals surface area (Å²) in [6.07, 6.45) is 0. The number of hydroxylamine groups is 1. The minimum atomic E-state index is -1.04. The zero-order chi connectivity index (χ0) is 23.7. The van der Waals surface area contributed by atoms with E-state index in [1.807, 2.05) is 12.1 Å². The lowest BCUT2D eigenvalue weighted by Crippen LogP contribution is -2.54. The Morgan fingerprint density at radius 1 is 1.00 bits per heavy atom. The molecule has 7 heteroatoms. The quantitative estimate of drug-likeness (QED) is 0.259. The molecule has 0 radical (unpaired) electrons. The lowest BCUT2D eigenvalue weighted by Gasteiger charge is -2.20. The lowest BCUT2D eigenvalue weighted by atomic mass is 9.97. The highest BCUT2D eigenvalue weighted by Crippen LogP contribution is 2.11. The first-order valence-corrected chi connectivity index (χ1v) is 10.5. The molecule has 0 spiro atoms. The smallest absolute Gasteiger partial charge is 0.267 e. The zero-order valence-electron chi connectivity index (χ0n) is 19.0. The maximum absolute atomic E-state index is 12.4. The summed E-state index contributed by atoms with van der Waals surface area (Å²) in [6, 6.07) is 13.1. The van der Waals surface area contributed by atoms with Gasteiger partial charge < -0.3 is 16.4 Å². The van der Waals surface area contributed by atoms with E-state index in [9.17, 15) is 9.59 Å². The van der Waals surface area contributed by atoms with E-state index in [-0.39, 0.29) is 5.41 Å². The molecule has 2 aromatic rings. The van der Waals surface area contributed by atoms with Gasteiger partial charge in [-0.2, -0.15) is 0 Å². The van der Waals surface area contributed by atoms with E-state index in [1.165, 1.54) is 11.0 Å². The van der Waals surface area contributed by atoms with Crippen molar-refractivity contribution in [1.82, 2.24) is 16.1 Å². The van der Waals surface area contributed by atoms with Crippen LogP contribution in [-0.4, -0.2) is 35.7 Å². The second-order valence-corrected chi connectivity index (χ2v) is 8.97. The Labute approximate surface area is 189 Å². The molecule has 32 heavy (non-hydrogen) atoms. The van der Waals surface area contributed by atoms with Gasteiger partial charge in [0, 0.05) is 35.8 Å². The van der Waals surface area contributed by atoms with Crippen molar-refractivity contribution in [3.8, 4) is 11.8 Å². The van der Waals surface area contributed by atoms with Crippen molar-refractivity contribution in [2.75, 3.05) is 6.54 Å². The molecule has 7 nitrogen and oxygen atoms in total. The van der Waals surface area contributed by atoms with Crippen LogP contribution in [0.5, 0.6) is 0 Å². The maximum Gasteiger partial charge on any atom is 0.267 e. The number of benzene rings is 2. The molecular weight excluding hydrogens is 404 g/mol. The number of nitrogens with two attached hydrogens (primary N) is 1. The van der Waals surface area contributed by atoms with Crippen molar-refractivity contribution < 1.29 is 14.8 Å². The third-order valence-electron chi connectivity index (χ3n) is 4.64. The van der Waals surface area contributed by atoms with Crippen molar-refractivity contribution in [3.05, 3.63) is 70.8 Å². The summed E-state index contributed by atoms with van der Waals surface area (Å²) in [7, 11) is 0. The summed E-state index contributed by atoms with van der Waals surface area (Å²) in [4.78, 5) is 24.0. The number of nitrogens with one attached hydrogen (secondary N) is 3. The molecule has 2 rings (SSSR count). The van der Waals surface area contributed by atoms with Crippen molar-refractivity contribution in [2.24, 2.45) is 11.1 Å². The first-order chi connectivity index (χ1) is 15.1. The highest BCUT2D eigenvalue weighted by molar-refractivity contribution is 5.97. The van der Waals surface area contributed by atoms with Crippen LogP contribution in [0.25, 0.3) is 0 Å². The van der Waals surface area contributed by atoms with Gasteiger partial charge in [-0.1, -0.05) is 44.7 Å². The molecule has 2 unspecified atom stereocenters. The van der Waals surface area contributed by atoms with E-state index in [1.54, 1.807) is 31.2 Å². The van der Waals surface area contributed by atoms with Gasteiger partial charge in [0.15, 0.2) is 0 Å². The molecule has 0 fully saturated rings. The van der Waals surface area contributed by atoms with Gasteiger partial charge in [-0.3, -0.25) is 14.8 Å². The van der Waals surface area contributed by atoms with Crippen molar-refractivity contribution in [3.63, 3.8) is 0 Å². The number of hydrogen-bond donors (Lipinski definition) is 5. The second-order valence-electron chi connectivity index (χ2n) is 8.97. The molecule has 0 heterocycles. The average molecular weight is 437 g/mol. The summed E-state index contributed by atoms with van der Waals surface area (Å²) in [5.41, 5.74) is 10.7. The molecule has 6 N–H and O–H groups in total. The van der Waals surface area contributed by atoms with Crippen LogP contribution in [0.2, 0.25) is 0 Å². The molecule has 0 saturated heterocycles. The highest BCUT2D eigenvalue weighted by Gasteiger charge is 2.24. The van der Waals surface area contributed by atoms with Crippen LogP contribution < -0.4 is 21.8 Å². The predicted molar refractivity (Wildman–Crippen MR) is 125 cm³/mol. The predicted octanol–water partition coefficient (Wildman–Crippen LogP) is 2.17. The monoisotopic (exact) mass is 436 g/mol. The van der Waals surface area contributed by atoms with Crippen molar-refractivity contribution >= 4 is 11.8 Å². The molecule has 2 aromatic carbocycles. The van der Waals surface area contributed by atoms with E-state index in [4.69, 9.17) is 10.9 Å². The molecule has 2 amide bonds. The van der Waals surface area contributed by atoms with Gasteiger partial charge in [0.1, 0.15) is 6.04 Å². The van der Waals surface area contributed by atoms with E-state index < -0.39 is 23.9 Å². The minimum Gasteiger partial charge on any atom is -0.339 e. The summed E-state index contributed by atoms with van der Waals surface area (Å²) >= 11 is 0. The summed E-state index contributed by atoms with van der Waals surface area (Å²) in [5, 5.41) is 14.7. The molecule has 0 aliphatic rings. The van der Waals surface area contributed by atoms with Gasteiger partial charge in [-0.25, -0.2) is 5.48 Å². The Balaban J connectivity index is 1.97. The molecule has 0 saturated carbocycles. The number of hydrogen-bond acceptors (Lipinski definition) is 5. The Bertz CT molecular complexity index is 965. The molecule has 0 bridgehead atoms. The van der Waals surface area contributed by atoms with Crippen LogP contribution in [-0.2, 0) is 11.3 Å². The van der Waals surface area contributed by atoms with Gasteiger partial charge >= 0.3 is 0 Å². The number of carbonyl (C=O) groups is 2. The number of rotatable bonds is 7.